The van der Waals surface area contributed by atoms with Crippen LogP contribution in [0.15, 0.2) is 146 Å². The minimum atomic E-state index is -0.474. The summed E-state index contributed by atoms with van der Waals surface area (Å²) in [5.74, 6) is 0.778. The Kier molecular flexibility index (Phi) is 14.1. The number of benzene rings is 5. The first-order valence-electron chi connectivity index (χ1n) is 15.8. The maximum atomic E-state index is 15.2. The van der Waals surface area contributed by atoms with E-state index in [0.717, 1.165) is 31.1 Å². The van der Waals surface area contributed by atoms with Crippen molar-refractivity contribution >= 4 is 28.4 Å². The molecule has 254 valence electrons. The molecule has 2 N–H and O–H groups in total. The fraction of sp³-hybridized carbons (Fsp3) is 0.205. The third-order valence-corrected chi connectivity index (χ3v) is 10.4. The number of rotatable bonds is 19. The van der Waals surface area contributed by atoms with Crippen LogP contribution < -0.4 is 9.47 Å². The maximum absolute atomic E-state index is 15.2. The van der Waals surface area contributed by atoms with Crippen molar-refractivity contribution < 1.29 is 38.3 Å². The molecule has 0 aliphatic rings. The van der Waals surface area contributed by atoms with Gasteiger partial charge in [-0.25, -0.2) is 4.39 Å². The summed E-state index contributed by atoms with van der Waals surface area (Å²) in [4.78, 5) is 17.3. The molecule has 0 aromatic heterocycles. The van der Waals surface area contributed by atoms with Gasteiger partial charge in [0.15, 0.2) is 20.5 Å². The molecule has 0 saturated carbocycles. The van der Waals surface area contributed by atoms with Crippen molar-refractivity contribution in [1.82, 2.24) is 0 Å². The van der Waals surface area contributed by atoms with Crippen molar-refractivity contribution in [2.75, 3.05) is 52.9 Å². The molecule has 0 fully saturated rings. The van der Waals surface area contributed by atoms with Crippen molar-refractivity contribution in [2.24, 2.45) is 0 Å². The van der Waals surface area contributed by atoms with Gasteiger partial charge in [-0.05, 0) is 91.0 Å². The maximum Gasteiger partial charge on any atom is 0.193 e. The highest BCUT2D eigenvalue weighted by molar-refractivity contribution is 7.99. The molecule has 0 aliphatic heterocycles. The molecule has 7 nitrogen and oxygen atoms in total. The molecule has 0 unspecified atom stereocenters. The van der Waals surface area contributed by atoms with E-state index in [9.17, 15) is 4.79 Å². The molecule has 5 aromatic carbocycles. The lowest BCUT2D eigenvalue weighted by atomic mass is 10.0. The van der Waals surface area contributed by atoms with Crippen LogP contribution in [0, 0.1) is 5.82 Å². The van der Waals surface area contributed by atoms with Gasteiger partial charge in [0.1, 0.15) is 30.5 Å². The van der Waals surface area contributed by atoms with Crippen LogP contribution in [0.2, 0.25) is 0 Å². The van der Waals surface area contributed by atoms with E-state index in [4.69, 9.17) is 29.2 Å². The van der Waals surface area contributed by atoms with Crippen LogP contribution in [-0.4, -0.2) is 68.9 Å². The Morgan fingerprint density at radius 1 is 0.592 bits per heavy atom. The second kappa shape index (κ2) is 19.1. The SMILES string of the molecule is O=C(c1ccccc1)c1ccc(Sc2ccc([S+](c3ccc(OCCOCCO)cc3)c3ccc(OCCOCCO)cc3)cc2)c(F)c1. The average Bonchev–Trinajstić information content (AvgIpc) is 3.14. The highest BCUT2D eigenvalue weighted by Gasteiger charge is 2.29. The Hall–Kier alpha value is -4.16. The third-order valence-electron chi connectivity index (χ3n) is 7.10. The molecule has 49 heavy (non-hydrogen) atoms. The van der Waals surface area contributed by atoms with Gasteiger partial charge in [0, 0.05) is 20.9 Å². The van der Waals surface area contributed by atoms with Gasteiger partial charge >= 0.3 is 0 Å². The summed E-state index contributed by atoms with van der Waals surface area (Å²) in [5.41, 5.74) is 0.829. The topological polar surface area (TPSA) is 94.5 Å². The predicted octanol–water partition coefficient (Wildman–Crippen LogP) is 7.08. The summed E-state index contributed by atoms with van der Waals surface area (Å²) in [6, 6.07) is 37.5. The van der Waals surface area contributed by atoms with Crippen molar-refractivity contribution in [3.8, 4) is 11.5 Å². The Balaban J connectivity index is 1.32. The van der Waals surface area contributed by atoms with Crippen LogP contribution in [0.25, 0.3) is 0 Å². The molecule has 5 aromatic rings. The van der Waals surface area contributed by atoms with E-state index in [1.54, 1.807) is 36.4 Å². The van der Waals surface area contributed by atoms with E-state index in [1.807, 2.05) is 66.7 Å². The van der Waals surface area contributed by atoms with Crippen molar-refractivity contribution in [2.45, 2.75) is 24.5 Å². The Morgan fingerprint density at radius 3 is 1.59 bits per heavy atom. The molecule has 0 bridgehead atoms. The standard InChI is InChI=1S/C39H38FO7S2/c40-37-28-30(39(43)29-4-2-1-3-5-29)6-19-38(37)48-33-11-17-36(18-12-33)49(34-13-7-31(8-14-34)46-26-24-44-22-20-41)35-15-9-32(10-16-35)47-27-25-45-23-21-42/h1-19,28,41-42H,20-27H2/q+1. The molecular weight excluding hydrogens is 664 g/mol. The summed E-state index contributed by atoms with van der Waals surface area (Å²) in [6.45, 7) is 2.04. The quantitative estimate of drug-likeness (QED) is 0.0536. The largest absolute Gasteiger partial charge is 0.491 e. The Bertz CT molecular complexity index is 1680. The van der Waals surface area contributed by atoms with Crippen LogP contribution in [0.5, 0.6) is 11.5 Å². The average molecular weight is 702 g/mol. The summed E-state index contributed by atoms with van der Waals surface area (Å²) in [7, 11) is -0.474. The zero-order valence-electron chi connectivity index (χ0n) is 26.8. The number of carbonyl (C=O) groups is 1. The second-order valence-electron chi connectivity index (χ2n) is 10.5. The summed E-state index contributed by atoms with van der Waals surface area (Å²) >= 11 is 1.31. The summed E-state index contributed by atoms with van der Waals surface area (Å²) in [6.07, 6.45) is 0. The van der Waals surface area contributed by atoms with Crippen molar-refractivity contribution in [3.63, 3.8) is 0 Å². The lowest BCUT2D eigenvalue weighted by Crippen LogP contribution is -2.10. The Labute approximate surface area is 293 Å². The Morgan fingerprint density at radius 2 is 1.10 bits per heavy atom. The zero-order valence-corrected chi connectivity index (χ0v) is 28.5. The van der Waals surface area contributed by atoms with E-state index < -0.39 is 16.7 Å². The fourth-order valence-electron chi connectivity index (χ4n) is 4.77. The zero-order chi connectivity index (χ0) is 34.3. The number of halogens is 1. The highest BCUT2D eigenvalue weighted by atomic mass is 32.2. The van der Waals surface area contributed by atoms with Gasteiger partial charge in [0.2, 0.25) is 0 Å². The van der Waals surface area contributed by atoms with Gasteiger partial charge in [-0.2, -0.15) is 0 Å². The number of carbonyl (C=O) groups excluding carboxylic acids is 1. The molecule has 0 aliphatic carbocycles. The van der Waals surface area contributed by atoms with Gasteiger partial charge in [-0.15, -0.1) is 0 Å². The fourth-order valence-corrected chi connectivity index (χ4v) is 7.63. The van der Waals surface area contributed by atoms with Gasteiger partial charge in [-0.3, -0.25) is 4.79 Å². The van der Waals surface area contributed by atoms with Crippen LogP contribution in [-0.2, 0) is 20.4 Å². The van der Waals surface area contributed by atoms with Crippen molar-refractivity contribution in [1.29, 1.82) is 0 Å². The first-order chi connectivity index (χ1) is 24.1. The number of hydrogen-bond acceptors (Lipinski definition) is 8. The monoisotopic (exact) mass is 701 g/mol. The molecule has 0 amide bonds. The predicted molar refractivity (Wildman–Crippen MR) is 189 cm³/mol. The van der Waals surface area contributed by atoms with E-state index in [0.29, 0.717) is 42.4 Å². The lowest BCUT2D eigenvalue weighted by Gasteiger charge is -2.12. The smallest absolute Gasteiger partial charge is 0.193 e. The molecular formula is C39H38FO7S2+. The first kappa shape index (κ1) is 36.1. The molecule has 0 spiro atoms. The number of ether oxygens (including phenoxy) is 4. The van der Waals surface area contributed by atoms with E-state index in [-0.39, 0.29) is 32.2 Å². The molecule has 0 atom stereocenters. The van der Waals surface area contributed by atoms with E-state index in [2.05, 4.69) is 12.1 Å². The number of ketones is 1. The highest BCUT2D eigenvalue weighted by Crippen LogP contribution is 2.36. The normalized spacial score (nSPS) is 11.1. The summed E-state index contributed by atoms with van der Waals surface area (Å²) < 4.78 is 37.3. The van der Waals surface area contributed by atoms with Gasteiger partial charge in [0.25, 0.3) is 0 Å². The van der Waals surface area contributed by atoms with Crippen LogP contribution >= 0.6 is 11.8 Å². The van der Waals surface area contributed by atoms with Crippen LogP contribution in [0.1, 0.15) is 15.9 Å². The van der Waals surface area contributed by atoms with Gasteiger partial charge in [-0.1, -0.05) is 42.1 Å². The van der Waals surface area contributed by atoms with Crippen LogP contribution in [0.3, 0.4) is 0 Å². The first-order valence-corrected chi connectivity index (χ1v) is 17.8. The number of aliphatic hydroxyl groups excluding tert-OH is 2. The van der Waals surface area contributed by atoms with Crippen LogP contribution in [0.4, 0.5) is 4.39 Å². The van der Waals surface area contributed by atoms with E-state index >= 15 is 4.39 Å². The van der Waals surface area contributed by atoms with Gasteiger partial charge in [0.05, 0.1) is 50.5 Å². The number of hydrogen-bond donors (Lipinski definition) is 2. The molecule has 10 heteroatoms. The molecule has 0 saturated heterocycles. The van der Waals surface area contributed by atoms with Gasteiger partial charge < -0.3 is 29.2 Å². The lowest BCUT2D eigenvalue weighted by molar-refractivity contribution is 0.0705. The third kappa shape index (κ3) is 10.7. The molecule has 0 radical (unpaired) electrons. The van der Waals surface area contributed by atoms with Crippen molar-refractivity contribution in [3.05, 3.63) is 138 Å². The minimum absolute atomic E-state index is 0.0236. The second-order valence-corrected chi connectivity index (χ2v) is 13.7. The molecule has 0 heterocycles. The minimum Gasteiger partial charge on any atom is -0.491 e. The molecule has 5 rings (SSSR count). The summed E-state index contributed by atoms with van der Waals surface area (Å²) in [5, 5.41) is 17.7. The number of aliphatic hydroxyl groups is 2. The van der Waals surface area contributed by atoms with E-state index in [1.165, 1.54) is 17.8 Å².